The smallest absolute Gasteiger partial charge is 0.254 e. The van der Waals surface area contributed by atoms with E-state index in [1.165, 1.54) is 6.92 Å². The van der Waals surface area contributed by atoms with Gasteiger partial charge in [0.15, 0.2) is 0 Å². The molecule has 1 atom stereocenters. The number of fused-ring (bicyclic) bond motifs is 1. The Balaban J connectivity index is 1.88. The van der Waals surface area contributed by atoms with E-state index >= 15 is 0 Å². The van der Waals surface area contributed by atoms with Gasteiger partial charge < -0.3 is 15.0 Å². The predicted octanol–water partition coefficient (Wildman–Crippen LogP) is 3.85. The first-order valence-electron chi connectivity index (χ1n) is 8.49. The number of halogens is 1. The molecule has 0 aliphatic carbocycles. The summed E-state index contributed by atoms with van der Waals surface area (Å²) in [5, 5.41) is 3.20. The number of carbonyl (C=O) groups excluding carboxylic acids is 2. The Morgan fingerprint density at radius 1 is 1.23 bits per heavy atom. The number of benzene rings is 2. The number of rotatable bonds is 5. The Hall–Kier alpha value is -2.53. The minimum Gasteiger partial charge on any atom is -0.491 e. The molecule has 1 aliphatic heterocycles. The van der Waals surface area contributed by atoms with E-state index in [-0.39, 0.29) is 17.9 Å². The van der Waals surface area contributed by atoms with Crippen LogP contribution in [-0.2, 0) is 16.1 Å². The maximum atomic E-state index is 12.9. The molecule has 3 rings (SSSR count). The summed E-state index contributed by atoms with van der Waals surface area (Å²) in [5.41, 5.74) is 2.32. The summed E-state index contributed by atoms with van der Waals surface area (Å²) in [6.07, 6.45) is 0.102. The van der Waals surface area contributed by atoms with E-state index in [4.69, 9.17) is 16.3 Å². The molecule has 0 spiro atoms. The van der Waals surface area contributed by atoms with Crippen LogP contribution in [0.25, 0.3) is 0 Å². The normalized spacial score (nSPS) is 16.0. The lowest BCUT2D eigenvalue weighted by Gasteiger charge is -2.19. The Labute approximate surface area is 157 Å². The van der Waals surface area contributed by atoms with Crippen LogP contribution in [-0.4, -0.2) is 17.9 Å². The number of amides is 2. The van der Waals surface area contributed by atoms with E-state index in [1.54, 1.807) is 17.0 Å². The van der Waals surface area contributed by atoms with Crippen LogP contribution in [0, 0.1) is 0 Å². The molecule has 1 aliphatic rings. The van der Waals surface area contributed by atoms with Crippen LogP contribution in [0.15, 0.2) is 42.5 Å². The molecule has 0 saturated carbocycles. The van der Waals surface area contributed by atoms with Crippen molar-refractivity contribution >= 4 is 29.1 Å². The number of hydrogen-bond acceptors (Lipinski definition) is 3. The molecule has 2 aromatic carbocycles. The van der Waals surface area contributed by atoms with Crippen LogP contribution in [0.5, 0.6) is 5.75 Å². The summed E-state index contributed by atoms with van der Waals surface area (Å²) < 4.78 is 5.65. The number of hydrogen-bond donors (Lipinski definition) is 1. The average Bonchev–Trinajstić information content (AvgIpc) is 2.82. The van der Waals surface area contributed by atoms with Gasteiger partial charge in [0.05, 0.1) is 23.4 Å². The highest BCUT2D eigenvalue weighted by Gasteiger charge is 2.39. The molecule has 0 aromatic heterocycles. The van der Waals surface area contributed by atoms with Gasteiger partial charge in [-0.25, -0.2) is 0 Å². The summed E-state index contributed by atoms with van der Waals surface area (Å²) in [6.45, 7) is 5.71. The van der Waals surface area contributed by atoms with Crippen LogP contribution in [0.2, 0.25) is 5.02 Å². The molecular formula is C20H21ClN2O3. The van der Waals surface area contributed by atoms with E-state index in [0.29, 0.717) is 17.3 Å². The largest absolute Gasteiger partial charge is 0.491 e. The van der Waals surface area contributed by atoms with Crippen LogP contribution in [0.4, 0.5) is 5.69 Å². The molecule has 0 saturated heterocycles. The Bertz CT molecular complexity index is 833. The molecule has 136 valence electrons. The van der Waals surface area contributed by atoms with Crippen LogP contribution in [0.3, 0.4) is 0 Å². The van der Waals surface area contributed by atoms with E-state index < -0.39 is 6.04 Å². The lowest BCUT2D eigenvalue weighted by molar-refractivity contribution is -0.126. The number of nitrogens with one attached hydrogen (secondary N) is 1. The molecule has 0 fully saturated rings. The topological polar surface area (TPSA) is 58.6 Å². The molecule has 1 N–H and O–H groups in total. The van der Waals surface area contributed by atoms with Gasteiger partial charge in [-0.1, -0.05) is 35.9 Å². The van der Waals surface area contributed by atoms with E-state index in [1.807, 2.05) is 44.2 Å². The van der Waals surface area contributed by atoms with Crippen molar-refractivity contribution < 1.29 is 14.3 Å². The second-order valence-corrected chi connectivity index (χ2v) is 6.95. The van der Waals surface area contributed by atoms with Crippen LogP contribution >= 0.6 is 11.6 Å². The molecule has 26 heavy (non-hydrogen) atoms. The molecule has 0 bridgehead atoms. The van der Waals surface area contributed by atoms with Crippen molar-refractivity contribution in [3.8, 4) is 5.75 Å². The quantitative estimate of drug-likeness (QED) is 0.867. The highest BCUT2D eigenvalue weighted by molar-refractivity contribution is 6.34. The molecular weight excluding hydrogens is 352 g/mol. The first-order chi connectivity index (χ1) is 12.4. The van der Waals surface area contributed by atoms with Gasteiger partial charge in [0, 0.05) is 12.5 Å². The third-order valence-electron chi connectivity index (χ3n) is 4.10. The molecule has 5 nitrogen and oxygen atoms in total. The number of nitrogens with zero attached hydrogens (tertiary/aromatic N) is 1. The van der Waals surface area contributed by atoms with Crippen molar-refractivity contribution in [2.45, 2.75) is 39.5 Å². The fourth-order valence-corrected chi connectivity index (χ4v) is 3.36. The van der Waals surface area contributed by atoms with E-state index in [2.05, 4.69) is 5.32 Å². The number of anilines is 1. The highest BCUT2D eigenvalue weighted by Crippen LogP contribution is 2.41. The zero-order valence-corrected chi connectivity index (χ0v) is 15.7. The summed E-state index contributed by atoms with van der Waals surface area (Å²) in [7, 11) is 0. The second-order valence-electron chi connectivity index (χ2n) is 6.55. The molecule has 0 radical (unpaired) electrons. The van der Waals surface area contributed by atoms with Gasteiger partial charge in [0.1, 0.15) is 11.8 Å². The van der Waals surface area contributed by atoms with E-state index in [0.717, 1.165) is 16.9 Å². The lowest BCUT2D eigenvalue weighted by Crippen LogP contribution is -2.36. The molecule has 0 unspecified atom stereocenters. The first kappa shape index (κ1) is 18.3. The fourth-order valence-electron chi connectivity index (χ4n) is 3.08. The fraction of sp³-hybridized carbons (Fsp3) is 0.300. The molecule has 6 heteroatoms. The van der Waals surface area contributed by atoms with Gasteiger partial charge in [-0.05, 0) is 37.6 Å². The summed E-state index contributed by atoms with van der Waals surface area (Å²) in [4.78, 5) is 26.0. The van der Waals surface area contributed by atoms with Crippen molar-refractivity contribution in [2.24, 2.45) is 0 Å². The number of ether oxygens (including phenoxy) is 1. The molecule has 2 aromatic rings. The third kappa shape index (κ3) is 3.68. The zero-order chi connectivity index (χ0) is 18.8. The molecule has 2 amide bonds. The Morgan fingerprint density at radius 3 is 2.54 bits per heavy atom. The maximum absolute atomic E-state index is 12.9. The summed E-state index contributed by atoms with van der Waals surface area (Å²) in [5.74, 6) is 0.336. The van der Waals surface area contributed by atoms with Crippen molar-refractivity contribution in [1.82, 2.24) is 5.32 Å². The zero-order valence-electron chi connectivity index (χ0n) is 15.0. The second kappa shape index (κ2) is 7.38. The minimum atomic E-state index is -0.704. The SMILES string of the molecule is CC(=O)N[C@H]1C(=O)N(Cc2ccc(OC(C)C)cc2)c2c(Cl)cccc21. The van der Waals surface area contributed by atoms with Gasteiger partial charge in [-0.2, -0.15) is 0 Å². The van der Waals surface area contributed by atoms with Gasteiger partial charge >= 0.3 is 0 Å². The number of carbonyl (C=O) groups is 2. The highest BCUT2D eigenvalue weighted by atomic mass is 35.5. The van der Waals surface area contributed by atoms with Crippen molar-refractivity contribution in [3.63, 3.8) is 0 Å². The van der Waals surface area contributed by atoms with E-state index in [9.17, 15) is 9.59 Å². The maximum Gasteiger partial charge on any atom is 0.254 e. The Kier molecular flexibility index (Phi) is 5.18. The van der Waals surface area contributed by atoms with Crippen molar-refractivity contribution in [2.75, 3.05) is 4.90 Å². The van der Waals surface area contributed by atoms with Crippen LogP contribution < -0.4 is 15.0 Å². The standard InChI is InChI=1S/C20H21ClN2O3/c1-12(2)26-15-9-7-14(8-10-15)11-23-19-16(5-4-6-17(19)21)18(20(23)25)22-13(3)24/h4-10,12,18H,11H2,1-3H3,(H,22,24)/t18-/m1/s1. The van der Waals surface area contributed by atoms with Crippen molar-refractivity contribution in [1.29, 1.82) is 0 Å². The average molecular weight is 373 g/mol. The Morgan fingerprint density at radius 2 is 1.92 bits per heavy atom. The van der Waals surface area contributed by atoms with Crippen LogP contribution in [0.1, 0.15) is 37.9 Å². The third-order valence-corrected chi connectivity index (χ3v) is 4.40. The van der Waals surface area contributed by atoms with Gasteiger partial charge in [-0.15, -0.1) is 0 Å². The predicted molar refractivity (Wildman–Crippen MR) is 101 cm³/mol. The summed E-state index contributed by atoms with van der Waals surface area (Å²) in [6, 6.07) is 12.3. The van der Waals surface area contributed by atoms with Gasteiger partial charge in [0.25, 0.3) is 5.91 Å². The minimum absolute atomic E-state index is 0.102. The van der Waals surface area contributed by atoms with Gasteiger partial charge in [-0.3, -0.25) is 9.59 Å². The molecule has 1 heterocycles. The van der Waals surface area contributed by atoms with Crippen molar-refractivity contribution in [3.05, 3.63) is 58.6 Å². The first-order valence-corrected chi connectivity index (χ1v) is 8.87. The lowest BCUT2D eigenvalue weighted by atomic mass is 10.1. The van der Waals surface area contributed by atoms with Gasteiger partial charge in [0.2, 0.25) is 5.91 Å². The summed E-state index contributed by atoms with van der Waals surface area (Å²) >= 11 is 6.35. The number of para-hydroxylation sites is 1. The monoisotopic (exact) mass is 372 g/mol.